The molecule has 236 valence electrons. The molecule has 0 amide bonds. The minimum atomic E-state index is -5.41. The number of unbranched alkanes of at least 4 members (excludes halogenated alkanes) is 1. The van der Waals surface area contributed by atoms with E-state index in [1.54, 1.807) is 24.3 Å². The molecule has 44 heavy (non-hydrogen) atoms. The first-order chi connectivity index (χ1) is 20.7. The summed E-state index contributed by atoms with van der Waals surface area (Å²) in [6.07, 6.45) is -12.5. The third-order valence-corrected chi connectivity index (χ3v) is 7.01. The van der Waals surface area contributed by atoms with Crippen LogP contribution >= 0.6 is 0 Å². The molecular formula is C32H26F10O2. The Hall–Kier alpha value is -3.88. The van der Waals surface area contributed by atoms with E-state index in [1.807, 2.05) is 6.92 Å². The van der Waals surface area contributed by atoms with Crippen molar-refractivity contribution >= 4 is 0 Å². The normalized spacial score (nSPS) is 22.8. The molecule has 3 unspecified atom stereocenters. The van der Waals surface area contributed by atoms with Gasteiger partial charge in [-0.25, -0.2) is 22.0 Å². The van der Waals surface area contributed by atoms with E-state index in [0.29, 0.717) is 29.6 Å². The lowest BCUT2D eigenvalue weighted by Gasteiger charge is -2.30. The zero-order valence-corrected chi connectivity index (χ0v) is 23.2. The highest BCUT2D eigenvalue weighted by atomic mass is 19.4. The number of alkyl halides is 7. The molecule has 0 aliphatic heterocycles. The predicted octanol–water partition coefficient (Wildman–Crippen LogP) is 9.93. The highest BCUT2D eigenvalue weighted by Gasteiger charge is 2.49. The van der Waals surface area contributed by atoms with Crippen LogP contribution in [0.1, 0.15) is 44.6 Å². The summed E-state index contributed by atoms with van der Waals surface area (Å²) in [5.74, 6) is -1.88. The number of allylic oxidation sites excluding steroid dienone is 10. The van der Waals surface area contributed by atoms with E-state index < -0.39 is 77.8 Å². The van der Waals surface area contributed by atoms with Crippen LogP contribution in [0.15, 0.2) is 94.1 Å². The minimum absolute atomic E-state index is 0.0835. The lowest BCUT2D eigenvalue weighted by Crippen LogP contribution is -2.31. The van der Waals surface area contributed by atoms with Gasteiger partial charge in [0.15, 0.2) is 0 Å². The summed E-state index contributed by atoms with van der Waals surface area (Å²) >= 11 is 0. The van der Waals surface area contributed by atoms with Gasteiger partial charge >= 0.3 is 12.3 Å². The lowest BCUT2D eigenvalue weighted by molar-refractivity contribution is -0.186. The fourth-order valence-electron chi connectivity index (χ4n) is 4.81. The molecule has 0 heterocycles. The topological polar surface area (TPSA) is 18.5 Å². The molecule has 2 nitrogen and oxygen atoms in total. The van der Waals surface area contributed by atoms with Crippen molar-refractivity contribution in [1.29, 1.82) is 0 Å². The number of rotatable bonds is 8. The molecular weight excluding hydrogens is 606 g/mol. The van der Waals surface area contributed by atoms with E-state index in [-0.39, 0.29) is 18.1 Å². The van der Waals surface area contributed by atoms with Crippen LogP contribution in [-0.2, 0) is 4.74 Å². The van der Waals surface area contributed by atoms with Gasteiger partial charge in [-0.15, -0.1) is 0 Å². The Morgan fingerprint density at radius 3 is 2.18 bits per heavy atom. The van der Waals surface area contributed by atoms with Gasteiger partial charge in [-0.1, -0.05) is 37.3 Å². The number of halogens is 10. The van der Waals surface area contributed by atoms with Crippen molar-refractivity contribution < 1.29 is 53.4 Å². The maximum atomic E-state index is 15.1. The Balaban J connectivity index is 1.46. The molecule has 0 saturated heterocycles. The molecule has 4 rings (SSSR count). The zero-order valence-electron chi connectivity index (χ0n) is 23.2. The van der Waals surface area contributed by atoms with Crippen molar-refractivity contribution in [1.82, 2.24) is 0 Å². The van der Waals surface area contributed by atoms with Crippen molar-refractivity contribution in [2.75, 3.05) is 6.61 Å². The summed E-state index contributed by atoms with van der Waals surface area (Å²) in [5.41, 5.74) is -3.16. The van der Waals surface area contributed by atoms with E-state index in [9.17, 15) is 39.5 Å². The summed E-state index contributed by atoms with van der Waals surface area (Å²) in [7, 11) is 0. The molecule has 3 atom stereocenters. The zero-order chi connectivity index (χ0) is 32.2. The van der Waals surface area contributed by atoms with E-state index >= 15 is 4.39 Å². The molecule has 0 radical (unpaired) electrons. The highest BCUT2D eigenvalue weighted by molar-refractivity contribution is 5.48. The van der Waals surface area contributed by atoms with Gasteiger partial charge in [0.05, 0.1) is 6.61 Å². The Bertz CT molecular complexity index is 1500. The number of hydrogen-bond acceptors (Lipinski definition) is 2. The monoisotopic (exact) mass is 632 g/mol. The Morgan fingerprint density at radius 2 is 1.59 bits per heavy atom. The molecule has 0 fully saturated rings. The maximum absolute atomic E-state index is 15.1. The molecule has 1 aromatic carbocycles. The Kier molecular flexibility index (Phi) is 10.1. The molecule has 3 aliphatic rings. The molecule has 3 aliphatic carbocycles. The molecule has 0 N–H and O–H groups in total. The van der Waals surface area contributed by atoms with Crippen LogP contribution < -0.4 is 4.74 Å². The second kappa shape index (κ2) is 13.4. The SMILES string of the molecule is CCCCOc1ccc(C#CC2=CC=C(C3C=C(F)C(C(F)(F)OC4=CC(F)=C(C(F)(F)F)C(F)C4)=C(F)C3)C(F)C2)cc1. The molecule has 0 spiro atoms. The van der Waals surface area contributed by atoms with Crippen LogP contribution in [0.25, 0.3) is 0 Å². The second-order valence-corrected chi connectivity index (χ2v) is 10.3. The van der Waals surface area contributed by atoms with Crippen molar-refractivity contribution in [3.8, 4) is 17.6 Å². The first kappa shape index (κ1) is 33.0. The highest BCUT2D eigenvalue weighted by Crippen LogP contribution is 2.46. The number of ether oxygens (including phenoxy) is 2. The fraction of sp³-hybridized carbons (Fsp3) is 0.375. The van der Waals surface area contributed by atoms with Gasteiger partial charge < -0.3 is 9.47 Å². The Morgan fingerprint density at radius 1 is 0.886 bits per heavy atom. The van der Waals surface area contributed by atoms with Gasteiger partial charge in [-0.05, 0) is 42.3 Å². The molecule has 0 saturated carbocycles. The van der Waals surface area contributed by atoms with Crippen LogP contribution in [0.2, 0.25) is 0 Å². The lowest BCUT2D eigenvalue weighted by atomic mass is 9.82. The maximum Gasteiger partial charge on any atom is 0.431 e. The van der Waals surface area contributed by atoms with Crippen molar-refractivity contribution in [2.24, 2.45) is 5.92 Å². The first-order valence-electron chi connectivity index (χ1n) is 13.6. The van der Waals surface area contributed by atoms with Gasteiger partial charge in [-0.2, -0.15) is 22.0 Å². The third kappa shape index (κ3) is 7.79. The average molecular weight is 633 g/mol. The van der Waals surface area contributed by atoms with E-state index in [0.717, 1.165) is 12.8 Å². The summed E-state index contributed by atoms with van der Waals surface area (Å²) in [6, 6.07) is 6.98. The van der Waals surface area contributed by atoms with Crippen LogP contribution in [0, 0.1) is 17.8 Å². The predicted molar refractivity (Wildman–Crippen MR) is 143 cm³/mol. The molecule has 12 heteroatoms. The molecule has 1 aromatic rings. The number of benzene rings is 1. The summed E-state index contributed by atoms with van der Waals surface area (Å²) in [4.78, 5) is 0. The summed E-state index contributed by atoms with van der Waals surface area (Å²) < 4.78 is 150. The van der Waals surface area contributed by atoms with Crippen LogP contribution in [0.3, 0.4) is 0 Å². The van der Waals surface area contributed by atoms with Crippen molar-refractivity contribution in [3.63, 3.8) is 0 Å². The molecule has 0 aromatic heterocycles. The molecule has 0 bridgehead atoms. The number of hydrogen-bond donors (Lipinski definition) is 0. The van der Waals surface area contributed by atoms with Gasteiger partial charge in [0.25, 0.3) is 0 Å². The van der Waals surface area contributed by atoms with E-state index in [4.69, 9.17) is 4.74 Å². The Labute approximate surface area is 247 Å². The van der Waals surface area contributed by atoms with Crippen LogP contribution in [0.5, 0.6) is 5.75 Å². The first-order valence-corrected chi connectivity index (χ1v) is 13.6. The summed E-state index contributed by atoms with van der Waals surface area (Å²) in [5, 5.41) is 0. The second-order valence-electron chi connectivity index (χ2n) is 10.3. The van der Waals surface area contributed by atoms with Gasteiger partial charge in [0.2, 0.25) is 0 Å². The summed E-state index contributed by atoms with van der Waals surface area (Å²) in [6.45, 7) is 2.63. The van der Waals surface area contributed by atoms with Crippen molar-refractivity contribution in [2.45, 2.75) is 63.7 Å². The quantitative estimate of drug-likeness (QED) is 0.161. The van der Waals surface area contributed by atoms with Crippen molar-refractivity contribution in [3.05, 3.63) is 99.7 Å². The van der Waals surface area contributed by atoms with Gasteiger partial charge in [-0.3, -0.25) is 0 Å². The van der Waals surface area contributed by atoms with E-state index in [1.165, 1.54) is 12.2 Å². The largest absolute Gasteiger partial charge is 0.494 e. The minimum Gasteiger partial charge on any atom is -0.494 e. The van der Waals surface area contributed by atoms with Crippen LogP contribution in [0.4, 0.5) is 43.9 Å². The third-order valence-electron chi connectivity index (χ3n) is 7.01. The van der Waals surface area contributed by atoms with Gasteiger partial charge in [0, 0.05) is 42.4 Å². The van der Waals surface area contributed by atoms with Crippen LogP contribution in [-0.4, -0.2) is 31.2 Å². The standard InChI is InChI=1S/C32H26F10O2/c1-2-3-12-43-21-9-6-18(7-10-21)4-5-19-8-11-23(24(33)13-19)20-14-25(34)30(26(35)15-20)32(41,42)44-22-16-27(36)29(28(37)17-22)31(38,39)40/h6-11,14,16,20,24,28H,2-3,12-13,15,17H2,1H3. The average Bonchev–Trinajstić information content (AvgIpc) is 2.90. The van der Waals surface area contributed by atoms with Gasteiger partial charge in [0.1, 0.15) is 52.5 Å². The fourth-order valence-corrected chi connectivity index (χ4v) is 4.81. The smallest absolute Gasteiger partial charge is 0.431 e. The van der Waals surface area contributed by atoms with E-state index in [2.05, 4.69) is 16.6 Å².